The molecule has 7 nitrogen and oxygen atoms in total. The molecule has 2 amide bonds. The Labute approximate surface area is 126 Å². The molecule has 0 radical (unpaired) electrons. The Morgan fingerprint density at radius 3 is 3.05 bits per heavy atom. The van der Waals surface area contributed by atoms with Gasteiger partial charge in [-0.2, -0.15) is 0 Å². The van der Waals surface area contributed by atoms with Gasteiger partial charge in [0.1, 0.15) is 6.04 Å². The molecular formula is C13H17N3O4S. The van der Waals surface area contributed by atoms with Gasteiger partial charge in [-0.1, -0.05) is 0 Å². The summed E-state index contributed by atoms with van der Waals surface area (Å²) >= 11 is 1.33. The number of rotatable bonds is 6. The van der Waals surface area contributed by atoms with Crippen molar-refractivity contribution in [3.63, 3.8) is 0 Å². The maximum atomic E-state index is 11.9. The third-order valence-electron chi connectivity index (χ3n) is 3.14. The molecule has 0 aromatic carbocycles. The second kappa shape index (κ2) is 7.16. The van der Waals surface area contributed by atoms with Crippen LogP contribution >= 0.6 is 11.3 Å². The normalized spacial score (nSPS) is 17.4. The molecule has 1 fully saturated rings. The summed E-state index contributed by atoms with van der Waals surface area (Å²) in [6.45, 7) is 0. The first-order chi connectivity index (χ1) is 10.1. The van der Waals surface area contributed by atoms with Crippen LogP contribution in [0.5, 0.6) is 0 Å². The minimum absolute atomic E-state index is 0.0993. The van der Waals surface area contributed by atoms with Gasteiger partial charge in [0, 0.05) is 18.2 Å². The first kappa shape index (κ1) is 15.4. The number of carbonyl (C=O) groups is 3. The fraction of sp³-hybridized carbons (Fsp3) is 0.538. The number of carbonyl (C=O) groups excluding carboxylic acids is 3. The van der Waals surface area contributed by atoms with E-state index >= 15 is 0 Å². The Hall–Kier alpha value is -1.96. The summed E-state index contributed by atoms with van der Waals surface area (Å²) < 4.78 is 4.56. The molecule has 2 rings (SSSR count). The second-order valence-electron chi connectivity index (χ2n) is 4.72. The van der Waals surface area contributed by atoms with Gasteiger partial charge in [0.15, 0.2) is 5.13 Å². The molecule has 0 spiro atoms. The van der Waals surface area contributed by atoms with Crippen LogP contribution in [0.1, 0.15) is 31.4 Å². The van der Waals surface area contributed by atoms with Crippen LogP contribution in [0.15, 0.2) is 5.38 Å². The molecule has 1 aliphatic rings. The largest absolute Gasteiger partial charge is 0.469 e. The van der Waals surface area contributed by atoms with Crippen molar-refractivity contribution < 1.29 is 19.1 Å². The number of anilines is 1. The number of aromatic nitrogens is 1. The lowest BCUT2D eigenvalue weighted by Crippen LogP contribution is -2.37. The molecule has 1 aliphatic heterocycles. The molecule has 1 aromatic rings. The molecule has 21 heavy (non-hydrogen) atoms. The highest BCUT2D eigenvalue weighted by Crippen LogP contribution is 2.18. The molecular weight excluding hydrogens is 294 g/mol. The number of nitrogens with one attached hydrogen (secondary N) is 2. The maximum Gasteiger partial charge on any atom is 0.305 e. The van der Waals surface area contributed by atoms with Gasteiger partial charge < -0.3 is 15.4 Å². The molecule has 0 aliphatic carbocycles. The minimum atomic E-state index is -0.468. The third kappa shape index (κ3) is 4.52. The van der Waals surface area contributed by atoms with Gasteiger partial charge >= 0.3 is 5.97 Å². The number of ether oxygens (including phenoxy) is 1. The van der Waals surface area contributed by atoms with E-state index in [0.29, 0.717) is 37.2 Å². The van der Waals surface area contributed by atoms with Crippen LogP contribution in [0.4, 0.5) is 5.13 Å². The van der Waals surface area contributed by atoms with E-state index in [1.54, 1.807) is 0 Å². The van der Waals surface area contributed by atoms with Crippen molar-refractivity contribution >= 4 is 34.3 Å². The molecule has 2 heterocycles. The predicted molar refractivity (Wildman–Crippen MR) is 76.9 cm³/mol. The van der Waals surface area contributed by atoms with Gasteiger partial charge in [-0.3, -0.25) is 14.4 Å². The summed E-state index contributed by atoms with van der Waals surface area (Å²) in [5, 5.41) is 7.66. The Bertz CT molecular complexity index is 543. The van der Waals surface area contributed by atoms with Crippen LogP contribution < -0.4 is 10.6 Å². The number of esters is 1. The maximum absolute atomic E-state index is 11.9. The summed E-state index contributed by atoms with van der Waals surface area (Å²) in [7, 11) is 1.36. The van der Waals surface area contributed by atoms with Crippen molar-refractivity contribution in [3.05, 3.63) is 11.1 Å². The van der Waals surface area contributed by atoms with Crippen molar-refractivity contribution in [2.24, 2.45) is 0 Å². The van der Waals surface area contributed by atoms with Gasteiger partial charge in [0.2, 0.25) is 11.8 Å². The van der Waals surface area contributed by atoms with Crippen LogP contribution in [0.3, 0.4) is 0 Å². The second-order valence-corrected chi connectivity index (χ2v) is 5.58. The van der Waals surface area contributed by atoms with Crippen molar-refractivity contribution in [1.82, 2.24) is 10.3 Å². The predicted octanol–water partition coefficient (Wildman–Crippen LogP) is 0.856. The lowest BCUT2D eigenvalue weighted by molar-refractivity contribution is -0.140. The number of hydrogen-bond donors (Lipinski definition) is 2. The van der Waals surface area contributed by atoms with Crippen molar-refractivity contribution in [3.8, 4) is 0 Å². The highest BCUT2D eigenvalue weighted by molar-refractivity contribution is 7.13. The zero-order chi connectivity index (χ0) is 15.2. The molecule has 2 N–H and O–H groups in total. The van der Waals surface area contributed by atoms with Crippen molar-refractivity contribution in [2.75, 3.05) is 12.4 Å². The Morgan fingerprint density at radius 1 is 1.57 bits per heavy atom. The molecule has 114 valence electrons. The van der Waals surface area contributed by atoms with Gasteiger partial charge in [0.25, 0.3) is 0 Å². The Morgan fingerprint density at radius 2 is 2.38 bits per heavy atom. The quantitative estimate of drug-likeness (QED) is 0.759. The van der Waals surface area contributed by atoms with Gasteiger partial charge in [-0.05, 0) is 19.3 Å². The van der Waals surface area contributed by atoms with Gasteiger partial charge in [0.05, 0.1) is 12.8 Å². The molecule has 0 bridgehead atoms. The van der Waals surface area contributed by atoms with E-state index in [9.17, 15) is 14.4 Å². The summed E-state index contributed by atoms with van der Waals surface area (Å²) in [6, 6.07) is -0.468. The first-order valence-electron chi connectivity index (χ1n) is 6.70. The molecule has 1 unspecified atom stereocenters. The summed E-state index contributed by atoms with van der Waals surface area (Å²) in [5.74, 6) is -0.579. The van der Waals surface area contributed by atoms with E-state index in [1.165, 1.54) is 18.4 Å². The number of amides is 2. The number of hydrogen-bond acceptors (Lipinski definition) is 6. The van der Waals surface area contributed by atoms with Crippen LogP contribution in [-0.2, 0) is 25.5 Å². The van der Waals surface area contributed by atoms with E-state index in [-0.39, 0.29) is 17.8 Å². The summed E-state index contributed by atoms with van der Waals surface area (Å²) in [6.07, 6.45) is 2.56. The number of aryl methyl sites for hydroxylation is 1. The highest BCUT2D eigenvalue weighted by Gasteiger charge is 2.27. The molecule has 1 saturated heterocycles. The average molecular weight is 311 g/mol. The first-order valence-corrected chi connectivity index (χ1v) is 7.58. The number of thiazole rings is 1. The molecule has 1 atom stereocenters. The van der Waals surface area contributed by atoms with Gasteiger partial charge in [-0.25, -0.2) is 4.98 Å². The standard InChI is InChI=1S/C13H17N3O4S/c1-20-11(18)4-2-3-8-7-21-13(14-8)16-12(19)9-5-6-10(17)15-9/h7,9H,2-6H2,1H3,(H,15,17)(H,14,16,19). The van der Waals surface area contributed by atoms with Gasteiger partial charge in [-0.15, -0.1) is 11.3 Å². The summed E-state index contributed by atoms with van der Waals surface area (Å²) in [4.78, 5) is 38.2. The fourth-order valence-corrected chi connectivity index (χ4v) is 2.75. The summed E-state index contributed by atoms with van der Waals surface area (Å²) in [5.41, 5.74) is 0.828. The smallest absolute Gasteiger partial charge is 0.305 e. The van der Waals surface area contributed by atoms with E-state index in [0.717, 1.165) is 5.69 Å². The van der Waals surface area contributed by atoms with Crippen LogP contribution in [0.25, 0.3) is 0 Å². The highest BCUT2D eigenvalue weighted by atomic mass is 32.1. The Balaban J connectivity index is 1.78. The third-order valence-corrected chi connectivity index (χ3v) is 3.94. The SMILES string of the molecule is COC(=O)CCCc1csc(NC(=O)C2CCC(=O)N2)n1. The van der Waals surface area contributed by atoms with Crippen LogP contribution in [0, 0.1) is 0 Å². The lowest BCUT2D eigenvalue weighted by Gasteiger charge is -2.08. The molecule has 8 heteroatoms. The zero-order valence-corrected chi connectivity index (χ0v) is 12.5. The van der Waals surface area contributed by atoms with Crippen LogP contribution in [-0.4, -0.2) is 35.9 Å². The number of methoxy groups -OCH3 is 1. The van der Waals surface area contributed by atoms with E-state index < -0.39 is 6.04 Å². The molecule has 0 saturated carbocycles. The number of nitrogens with zero attached hydrogens (tertiary/aromatic N) is 1. The molecule has 1 aromatic heterocycles. The average Bonchev–Trinajstić information content (AvgIpc) is 3.08. The topological polar surface area (TPSA) is 97.4 Å². The van der Waals surface area contributed by atoms with Crippen molar-refractivity contribution in [1.29, 1.82) is 0 Å². The Kier molecular flexibility index (Phi) is 5.26. The van der Waals surface area contributed by atoms with E-state index in [4.69, 9.17) is 0 Å². The van der Waals surface area contributed by atoms with Crippen LogP contribution in [0.2, 0.25) is 0 Å². The zero-order valence-electron chi connectivity index (χ0n) is 11.7. The monoisotopic (exact) mass is 311 g/mol. The van der Waals surface area contributed by atoms with Crippen molar-refractivity contribution in [2.45, 2.75) is 38.1 Å². The van der Waals surface area contributed by atoms with E-state index in [2.05, 4.69) is 20.4 Å². The lowest BCUT2D eigenvalue weighted by atomic mass is 10.2. The van der Waals surface area contributed by atoms with E-state index in [1.807, 2.05) is 5.38 Å². The fourth-order valence-electron chi connectivity index (χ4n) is 2.00. The minimum Gasteiger partial charge on any atom is -0.469 e.